The Kier molecular flexibility index (Phi) is 2.25. The average molecular weight is 210 g/mol. The number of esters is 1. The third-order valence-electron chi connectivity index (χ3n) is 1.63. The minimum absolute atomic E-state index is 0.0862. The van der Waals surface area contributed by atoms with E-state index in [1.807, 2.05) is 18.2 Å². The molecule has 14 heavy (non-hydrogen) atoms. The Morgan fingerprint density at radius 3 is 3.07 bits per heavy atom. The predicted octanol–water partition coefficient (Wildman–Crippen LogP) is 1.96. The van der Waals surface area contributed by atoms with Gasteiger partial charge in [-0.15, -0.1) is 0 Å². The van der Waals surface area contributed by atoms with Crippen molar-refractivity contribution in [1.29, 1.82) is 0 Å². The van der Waals surface area contributed by atoms with E-state index in [0.29, 0.717) is 4.88 Å². The van der Waals surface area contributed by atoms with E-state index in [9.17, 15) is 4.79 Å². The number of hydrogen-bond donors (Lipinski definition) is 0. The Morgan fingerprint density at radius 1 is 1.64 bits per heavy atom. The second kappa shape index (κ2) is 3.42. The lowest BCUT2D eigenvalue weighted by molar-refractivity contribution is 0.0383. The number of carbonyl (C=O) groups excluding carboxylic acids is 1. The summed E-state index contributed by atoms with van der Waals surface area (Å²) in [6, 6.07) is 0. The largest absolute Gasteiger partial charge is 0.459 e. The van der Waals surface area contributed by atoms with Crippen molar-refractivity contribution in [3.8, 4) is 0 Å². The molecule has 2 heterocycles. The fourth-order valence-electron chi connectivity index (χ4n) is 1.09. The van der Waals surface area contributed by atoms with Crippen LogP contribution in [0.1, 0.15) is 23.5 Å². The van der Waals surface area contributed by atoms with E-state index in [0.717, 1.165) is 4.96 Å². The summed E-state index contributed by atoms with van der Waals surface area (Å²) in [6.45, 7) is 3.66. The normalized spacial score (nSPS) is 11.1. The monoisotopic (exact) mass is 210 g/mol. The lowest BCUT2D eigenvalue weighted by Crippen LogP contribution is -2.10. The van der Waals surface area contributed by atoms with Crippen LogP contribution in [0.2, 0.25) is 0 Å². The summed E-state index contributed by atoms with van der Waals surface area (Å²) in [7, 11) is 0. The highest BCUT2D eigenvalue weighted by Crippen LogP contribution is 2.17. The van der Waals surface area contributed by atoms with Crippen molar-refractivity contribution in [2.45, 2.75) is 20.0 Å². The van der Waals surface area contributed by atoms with Crippen molar-refractivity contribution in [1.82, 2.24) is 9.38 Å². The first kappa shape index (κ1) is 9.21. The Labute approximate surface area is 85.1 Å². The van der Waals surface area contributed by atoms with Gasteiger partial charge in [-0.3, -0.25) is 4.40 Å². The van der Waals surface area contributed by atoms with Gasteiger partial charge in [-0.05, 0) is 13.8 Å². The molecule has 0 aliphatic heterocycles. The molecule has 2 aromatic rings. The van der Waals surface area contributed by atoms with Gasteiger partial charge in [0.15, 0.2) is 4.96 Å². The molecule has 4 nitrogen and oxygen atoms in total. The van der Waals surface area contributed by atoms with Crippen LogP contribution in [0.5, 0.6) is 0 Å². The summed E-state index contributed by atoms with van der Waals surface area (Å²) < 4.78 is 6.87. The Bertz CT molecular complexity index is 430. The molecule has 0 unspecified atom stereocenters. The van der Waals surface area contributed by atoms with E-state index in [-0.39, 0.29) is 12.1 Å². The lowest BCUT2D eigenvalue weighted by Gasteiger charge is -2.04. The minimum atomic E-state index is -0.282. The van der Waals surface area contributed by atoms with Crippen molar-refractivity contribution in [2.75, 3.05) is 0 Å². The topological polar surface area (TPSA) is 43.6 Å². The third kappa shape index (κ3) is 1.63. The van der Waals surface area contributed by atoms with Crippen LogP contribution in [0.3, 0.4) is 0 Å². The Balaban J connectivity index is 2.26. The summed E-state index contributed by atoms with van der Waals surface area (Å²) >= 11 is 1.33. The quantitative estimate of drug-likeness (QED) is 0.712. The molecule has 2 rings (SSSR count). The molecule has 0 radical (unpaired) electrons. The summed E-state index contributed by atoms with van der Waals surface area (Å²) in [5.74, 6) is -0.282. The van der Waals surface area contributed by atoms with Crippen LogP contribution in [-0.4, -0.2) is 21.5 Å². The van der Waals surface area contributed by atoms with Crippen molar-refractivity contribution in [3.63, 3.8) is 0 Å². The van der Waals surface area contributed by atoms with Gasteiger partial charge in [-0.2, -0.15) is 0 Å². The highest BCUT2D eigenvalue weighted by atomic mass is 32.1. The van der Waals surface area contributed by atoms with Gasteiger partial charge in [-0.25, -0.2) is 9.78 Å². The molecule has 0 fully saturated rings. The third-order valence-corrected chi connectivity index (χ3v) is 2.63. The highest BCUT2D eigenvalue weighted by molar-refractivity contribution is 7.18. The first-order chi connectivity index (χ1) is 6.66. The zero-order chi connectivity index (χ0) is 10.1. The smallest absolute Gasteiger partial charge is 0.350 e. The molecular weight excluding hydrogens is 200 g/mol. The van der Waals surface area contributed by atoms with Crippen molar-refractivity contribution >= 4 is 22.3 Å². The molecular formula is C9H10N2O2S. The van der Waals surface area contributed by atoms with Crippen molar-refractivity contribution < 1.29 is 9.53 Å². The molecule has 0 saturated heterocycles. The van der Waals surface area contributed by atoms with Gasteiger partial charge in [0, 0.05) is 18.6 Å². The fraction of sp³-hybridized carbons (Fsp3) is 0.333. The van der Waals surface area contributed by atoms with Crippen LogP contribution >= 0.6 is 11.3 Å². The number of rotatable bonds is 2. The summed E-state index contributed by atoms with van der Waals surface area (Å²) in [6.07, 6.45) is 5.15. The van der Waals surface area contributed by atoms with E-state index < -0.39 is 0 Å². The maximum absolute atomic E-state index is 11.5. The lowest BCUT2D eigenvalue weighted by atomic mass is 10.4. The van der Waals surface area contributed by atoms with Gasteiger partial charge in [0.1, 0.15) is 4.88 Å². The van der Waals surface area contributed by atoms with Gasteiger partial charge in [0.25, 0.3) is 0 Å². The number of nitrogens with zero attached hydrogens (tertiary/aromatic N) is 2. The molecule has 0 N–H and O–H groups in total. The molecule has 0 aliphatic carbocycles. The second-order valence-electron chi connectivity index (χ2n) is 3.17. The standard InChI is InChI=1S/C9H10N2O2S/c1-6(2)13-8(12)7-5-11-4-3-10-9(11)14-7/h3-6H,1-2H3. The molecule has 0 atom stereocenters. The molecule has 0 aromatic carbocycles. The summed E-state index contributed by atoms with van der Waals surface area (Å²) in [5, 5.41) is 0. The van der Waals surface area contributed by atoms with E-state index >= 15 is 0 Å². The van der Waals surface area contributed by atoms with E-state index in [2.05, 4.69) is 4.98 Å². The average Bonchev–Trinajstić information content (AvgIpc) is 2.58. The molecule has 0 amide bonds. The van der Waals surface area contributed by atoms with Crippen LogP contribution in [0, 0.1) is 0 Å². The van der Waals surface area contributed by atoms with Crippen LogP contribution in [-0.2, 0) is 4.74 Å². The molecule has 0 aliphatic rings. The van der Waals surface area contributed by atoms with Crippen LogP contribution in [0.15, 0.2) is 18.6 Å². The Morgan fingerprint density at radius 2 is 2.43 bits per heavy atom. The highest BCUT2D eigenvalue weighted by Gasteiger charge is 2.13. The van der Waals surface area contributed by atoms with Gasteiger partial charge < -0.3 is 4.74 Å². The Hall–Kier alpha value is -1.36. The number of thiazole rings is 1. The predicted molar refractivity (Wildman–Crippen MR) is 53.6 cm³/mol. The zero-order valence-corrected chi connectivity index (χ0v) is 8.75. The van der Waals surface area contributed by atoms with E-state index in [1.165, 1.54) is 11.3 Å². The molecule has 0 spiro atoms. The molecule has 74 valence electrons. The van der Waals surface area contributed by atoms with E-state index in [4.69, 9.17) is 4.74 Å². The van der Waals surface area contributed by atoms with Gasteiger partial charge >= 0.3 is 5.97 Å². The minimum Gasteiger partial charge on any atom is -0.459 e. The number of ether oxygens (including phenoxy) is 1. The van der Waals surface area contributed by atoms with Crippen molar-refractivity contribution in [2.24, 2.45) is 0 Å². The maximum atomic E-state index is 11.5. The first-order valence-corrected chi connectivity index (χ1v) is 5.12. The summed E-state index contributed by atoms with van der Waals surface area (Å²) in [4.78, 5) is 16.9. The molecule has 0 saturated carbocycles. The second-order valence-corrected chi connectivity index (χ2v) is 4.18. The van der Waals surface area contributed by atoms with Crippen LogP contribution in [0.4, 0.5) is 0 Å². The van der Waals surface area contributed by atoms with Crippen LogP contribution in [0.25, 0.3) is 4.96 Å². The molecule has 2 aromatic heterocycles. The molecule has 0 bridgehead atoms. The van der Waals surface area contributed by atoms with E-state index in [1.54, 1.807) is 18.6 Å². The summed E-state index contributed by atoms with van der Waals surface area (Å²) in [5.41, 5.74) is 0. The number of carbonyl (C=O) groups is 1. The van der Waals surface area contributed by atoms with Crippen molar-refractivity contribution in [3.05, 3.63) is 23.5 Å². The zero-order valence-electron chi connectivity index (χ0n) is 7.93. The van der Waals surface area contributed by atoms with Gasteiger partial charge in [0.2, 0.25) is 0 Å². The van der Waals surface area contributed by atoms with Gasteiger partial charge in [0.05, 0.1) is 6.10 Å². The maximum Gasteiger partial charge on any atom is 0.350 e. The van der Waals surface area contributed by atoms with Gasteiger partial charge in [-0.1, -0.05) is 11.3 Å². The number of hydrogen-bond acceptors (Lipinski definition) is 4. The number of imidazole rings is 1. The molecule has 5 heteroatoms. The first-order valence-electron chi connectivity index (χ1n) is 4.30. The fourth-order valence-corrected chi connectivity index (χ4v) is 1.92. The SMILES string of the molecule is CC(C)OC(=O)c1cn2ccnc2s1. The number of fused-ring (bicyclic) bond motifs is 1. The van der Waals surface area contributed by atoms with Crippen LogP contribution < -0.4 is 0 Å². The number of aromatic nitrogens is 2.